The van der Waals surface area contributed by atoms with Crippen molar-refractivity contribution in [3.05, 3.63) is 29.8 Å². The van der Waals surface area contributed by atoms with Crippen LogP contribution >= 0.6 is 12.0 Å². The molecule has 0 aliphatic heterocycles. The lowest BCUT2D eigenvalue weighted by Gasteiger charge is -2.02. The Morgan fingerprint density at radius 3 is 2.31 bits per heavy atom. The van der Waals surface area contributed by atoms with Crippen molar-refractivity contribution in [2.75, 3.05) is 14.2 Å². The molecule has 4 heteroatoms. The number of methoxy groups -OCH3 is 1. The summed E-state index contributed by atoms with van der Waals surface area (Å²) < 4.78 is 9.67. The Morgan fingerprint density at radius 1 is 1.23 bits per heavy atom. The van der Waals surface area contributed by atoms with Crippen LogP contribution in [0.4, 0.5) is 0 Å². The first-order valence-corrected chi connectivity index (χ1v) is 4.45. The lowest BCUT2D eigenvalue weighted by molar-refractivity contribution is 0.401. The molecule has 70 valence electrons. The maximum Gasteiger partial charge on any atom is 0.212 e. The molecule has 0 aliphatic carbocycles. The molecule has 3 nitrogen and oxygen atoms in total. The molecule has 0 saturated carbocycles. The van der Waals surface area contributed by atoms with Gasteiger partial charge < -0.3 is 8.92 Å². The van der Waals surface area contributed by atoms with Crippen molar-refractivity contribution in [3.8, 4) is 0 Å². The summed E-state index contributed by atoms with van der Waals surface area (Å²) in [6.45, 7) is 0. The van der Waals surface area contributed by atoms with E-state index in [1.165, 1.54) is 19.2 Å². The normalized spacial score (nSPS) is 9.69. The van der Waals surface area contributed by atoms with Crippen molar-refractivity contribution >= 4 is 17.9 Å². The minimum Gasteiger partial charge on any atom is -0.481 e. The van der Waals surface area contributed by atoms with E-state index in [1.54, 1.807) is 7.11 Å². The van der Waals surface area contributed by atoms with Crippen LogP contribution in [0.15, 0.2) is 29.2 Å². The zero-order valence-corrected chi connectivity index (χ0v) is 8.35. The second-order valence-corrected chi connectivity index (χ2v) is 3.28. The van der Waals surface area contributed by atoms with Crippen LogP contribution in [0, 0.1) is 5.41 Å². The molecule has 13 heavy (non-hydrogen) atoms. The second kappa shape index (κ2) is 4.89. The third-order valence-corrected chi connectivity index (χ3v) is 2.13. The Hall–Kier alpha value is -1.00. The standard InChI is InChI=1S/C9H11NO2S/c1-11-9(10)7-3-5-8(6-4-7)13-12-2/h3-6,10H,1-2H3. The molecular formula is C9H11NO2S. The first kappa shape index (κ1) is 10.1. The summed E-state index contributed by atoms with van der Waals surface area (Å²) in [6, 6.07) is 7.43. The van der Waals surface area contributed by atoms with E-state index in [1.807, 2.05) is 24.3 Å². The molecule has 0 aliphatic rings. The van der Waals surface area contributed by atoms with Crippen molar-refractivity contribution in [2.24, 2.45) is 0 Å². The first-order chi connectivity index (χ1) is 6.27. The van der Waals surface area contributed by atoms with E-state index >= 15 is 0 Å². The number of ether oxygens (including phenoxy) is 1. The molecule has 1 N–H and O–H groups in total. The maximum atomic E-state index is 7.39. The van der Waals surface area contributed by atoms with Gasteiger partial charge in [-0.05, 0) is 24.3 Å². The quantitative estimate of drug-likeness (QED) is 0.459. The van der Waals surface area contributed by atoms with Crippen molar-refractivity contribution in [1.29, 1.82) is 5.41 Å². The maximum absolute atomic E-state index is 7.39. The van der Waals surface area contributed by atoms with Crippen molar-refractivity contribution < 1.29 is 8.92 Å². The highest BCUT2D eigenvalue weighted by atomic mass is 32.2. The van der Waals surface area contributed by atoms with E-state index in [4.69, 9.17) is 14.3 Å². The van der Waals surface area contributed by atoms with Gasteiger partial charge in [0.15, 0.2) is 0 Å². The topological polar surface area (TPSA) is 42.3 Å². The highest BCUT2D eigenvalue weighted by molar-refractivity contribution is 7.94. The molecule has 0 bridgehead atoms. The Morgan fingerprint density at radius 2 is 1.85 bits per heavy atom. The van der Waals surface area contributed by atoms with Crippen molar-refractivity contribution in [1.82, 2.24) is 0 Å². The summed E-state index contributed by atoms with van der Waals surface area (Å²) >= 11 is 1.29. The third-order valence-electron chi connectivity index (χ3n) is 1.50. The summed E-state index contributed by atoms with van der Waals surface area (Å²) in [5.74, 6) is 0.175. The van der Waals surface area contributed by atoms with Crippen LogP contribution < -0.4 is 0 Å². The number of hydrogen-bond acceptors (Lipinski definition) is 4. The van der Waals surface area contributed by atoms with Gasteiger partial charge in [-0.25, -0.2) is 0 Å². The van der Waals surface area contributed by atoms with Crippen molar-refractivity contribution in [2.45, 2.75) is 4.90 Å². The minimum absolute atomic E-state index is 0.175. The fraction of sp³-hybridized carbons (Fsp3) is 0.222. The van der Waals surface area contributed by atoms with Crippen LogP contribution in [0.2, 0.25) is 0 Å². The monoisotopic (exact) mass is 197 g/mol. The smallest absolute Gasteiger partial charge is 0.212 e. The summed E-state index contributed by atoms with van der Waals surface area (Å²) in [5.41, 5.74) is 0.767. The lowest BCUT2D eigenvalue weighted by Crippen LogP contribution is -2.00. The molecule has 1 rings (SSSR count). The molecule has 0 spiro atoms. The number of rotatable bonds is 3. The van der Waals surface area contributed by atoms with Gasteiger partial charge in [0, 0.05) is 22.5 Å². The Balaban J connectivity index is 2.75. The van der Waals surface area contributed by atoms with Crippen LogP contribution in [0.1, 0.15) is 5.56 Å². The second-order valence-electron chi connectivity index (χ2n) is 2.31. The van der Waals surface area contributed by atoms with Crippen LogP contribution in [0.5, 0.6) is 0 Å². The highest BCUT2D eigenvalue weighted by Gasteiger charge is 2.00. The Labute approximate surface area is 81.8 Å². The average Bonchev–Trinajstić information content (AvgIpc) is 2.18. The third kappa shape index (κ3) is 2.75. The van der Waals surface area contributed by atoms with Gasteiger partial charge in [-0.1, -0.05) is 0 Å². The summed E-state index contributed by atoms with van der Waals surface area (Å²) in [4.78, 5) is 1.01. The molecule has 0 fully saturated rings. The predicted octanol–water partition coefficient (Wildman–Crippen LogP) is 2.31. The van der Waals surface area contributed by atoms with Crippen LogP contribution in [-0.4, -0.2) is 20.1 Å². The lowest BCUT2D eigenvalue weighted by atomic mass is 10.2. The molecule has 0 unspecified atom stereocenters. The van der Waals surface area contributed by atoms with Gasteiger partial charge in [0.25, 0.3) is 0 Å². The number of nitrogens with one attached hydrogen (secondary N) is 1. The molecule has 1 aromatic carbocycles. The van der Waals surface area contributed by atoms with Crippen LogP contribution in [0.25, 0.3) is 0 Å². The first-order valence-electron chi connectivity index (χ1n) is 3.71. The fourth-order valence-corrected chi connectivity index (χ4v) is 1.32. The van der Waals surface area contributed by atoms with Crippen LogP contribution in [-0.2, 0) is 8.92 Å². The number of hydrogen-bond donors (Lipinski definition) is 1. The van der Waals surface area contributed by atoms with E-state index < -0.39 is 0 Å². The van der Waals surface area contributed by atoms with E-state index in [9.17, 15) is 0 Å². The van der Waals surface area contributed by atoms with Gasteiger partial charge in [0.1, 0.15) is 0 Å². The molecule has 0 amide bonds. The molecular weight excluding hydrogens is 186 g/mol. The van der Waals surface area contributed by atoms with Crippen LogP contribution in [0.3, 0.4) is 0 Å². The van der Waals surface area contributed by atoms with Gasteiger partial charge >= 0.3 is 0 Å². The summed E-state index contributed by atoms with van der Waals surface area (Å²) in [5, 5.41) is 7.39. The van der Waals surface area contributed by atoms with Gasteiger partial charge in [0.05, 0.1) is 14.2 Å². The van der Waals surface area contributed by atoms with E-state index in [0.717, 1.165) is 10.5 Å². The molecule has 0 saturated heterocycles. The molecule has 0 aromatic heterocycles. The number of benzene rings is 1. The zero-order chi connectivity index (χ0) is 9.68. The predicted molar refractivity (Wildman–Crippen MR) is 53.1 cm³/mol. The fourth-order valence-electron chi connectivity index (χ4n) is 0.876. The summed E-state index contributed by atoms with van der Waals surface area (Å²) in [6.07, 6.45) is 0. The molecule has 0 radical (unpaired) electrons. The van der Waals surface area contributed by atoms with Crippen molar-refractivity contribution in [3.63, 3.8) is 0 Å². The van der Waals surface area contributed by atoms with E-state index in [-0.39, 0.29) is 5.90 Å². The van der Waals surface area contributed by atoms with Gasteiger partial charge in [-0.15, -0.1) is 0 Å². The Kier molecular flexibility index (Phi) is 3.79. The van der Waals surface area contributed by atoms with Gasteiger partial charge in [0.2, 0.25) is 5.90 Å². The average molecular weight is 197 g/mol. The largest absolute Gasteiger partial charge is 0.481 e. The summed E-state index contributed by atoms with van der Waals surface area (Å²) in [7, 11) is 3.11. The van der Waals surface area contributed by atoms with Gasteiger partial charge in [-0.2, -0.15) is 0 Å². The highest BCUT2D eigenvalue weighted by Crippen LogP contribution is 2.18. The minimum atomic E-state index is 0.175. The van der Waals surface area contributed by atoms with E-state index in [0.29, 0.717) is 0 Å². The molecule has 0 atom stereocenters. The molecule has 0 heterocycles. The SMILES string of the molecule is COSc1ccc(C(=N)OC)cc1. The molecule has 1 aromatic rings. The van der Waals surface area contributed by atoms with Gasteiger partial charge in [-0.3, -0.25) is 5.41 Å². The zero-order valence-electron chi connectivity index (χ0n) is 7.53. The Bertz CT molecular complexity index is 284. The van der Waals surface area contributed by atoms with E-state index in [2.05, 4.69) is 0 Å².